The van der Waals surface area contributed by atoms with Crippen LogP contribution in [0.3, 0.4) is 0 Å². The van der Waals surface area contributed by atoms with E-state index in [0.29, 0.717) is 0 Å². The molecule has 1 aliphatic rings. The second-order valence-electron chi connectivity index (χ2n) is 3.03. The summed E-state index contributed by atoms with van der Waals surface area (Å²) in [4.78, 5) is 1.38. The molecule has 0 bridgehead atoms. The van der Waals surface area contributed by atoms with Gasteiger partial charge in [-0.2, -0.15) is 0 Å². The molecular weight excluding hydrogens is 198 g/mol. The SMILES string of the molecule is CSc1ccc2c(c1)CCN2SC. The zero-order chi connectivity index (χ0) is 9.26. The summed E-state index contributed by atoms with van der Waals surface area (Å²) in [6.45, 7) is 1.16. The molecule has 1 aromatic carbocycles. The maximum atomic E-state index is 2.36. The molecule has 1 nitrogen and oxygen atoms in total. The summed E-state index contributed by atoms with van der Waals surface area (Å²) in [5, 5.41) is 0. The van der Waals surface area contributed by atoms with Crippen LogP contribution in [-0.4, -0.2) is 19.1 Å². The third kappa shape index (κ3) is 1.67. The maximum Gasteiger partial charge on any atom is 0.0503 e. The third-order valence-corrected chi connectivity index (χ3v) is 3.91. The van der Waals surface area contributed by atoms with Gasteiger partial charge in [-0.15, -0.1) is 11.8 Å². The van der Waals surface area contributed by atoms with E-state index in [1.807, 2.05) is 23.7 Å². The van der Waals surface area contributed by atoms with Gasteiger partial charge in [-0.05, 0) is 36.4 Å². The molecule has 0 saturated heterocycles. The number of hydrogen-bond donors (Lipinski definition) is 0. The standard InChI is InChI=1S/C10H13NS2/c1-12-9-3-4-10-8(7-9)5-6-11(10)13-2/h3-4,7H,5-6H2,1-2H3. The van der Waals surface area contributed by atoms with Crippen molar-refractivity contribution in [3.05, 3.63) is 23.8 Å². The summed E-state index contributed by atoms with van der Waals surface area (Å²) in [7, 11) is 0. The first-order valence-corrected chi connectivity index (χ1v) is 6.74. The van der Waals surface area contributed by atoms with E-state index in [1.165, 1.54) is 22.6 Å². The van der Waals surface area contributed by atoms with Crippen molar-refractivity contribution in [3.63, 3.8) is 0 Å². The van der Waals surface area contributed by atoms with E-state index in [9.17, 15) is 0 Å². The number of rotatable bonds is 2. The van der Waals surface area contributed by atoms with Crippen LogP contribution in [0.25, 0.3) is 0 Å². The van der Waals surface area contributed by atoms with Crippen molar-refractivity contribution >= 4 is 29.4 Å². The molecule has 0 radical (unpaired) electrons. The van der Waals surface area contributed by atoms with Crippen LogP contribution in [0, 0.1) is 0 Å². The van der Waals surface area contributed by atoms with E-state index in [4.69, 9.17) is 0 Å². The Morgan fingerprint density at radius 1 is 1.31 bits per heavy atom. The third-order valence-electron chi connectivity index (χ3n) is 2.36. The maximum absolute atomic E-state index is 2.36. The molecule has 0 spiro atoms. The molecule has 70 valence electrons. The Labute approximate surface area is 88.0 Å². The number of hydrogen-bond acceptors (Lipinski definition) is 3. The van der Waals surface area contributed by atoms with Crippen LogP contribution in [0.4, 0.5) is 5.69 Å². The molecule has 0 fully saturated rings. The summed E-state index contributed by atoms with van der Waals surface area (Å²) < 4.78 is 2.36. The van der Waals surface area contributed by atoms with Crippen molar-refractivity contribution in [2.45, 2.75) is 11.3 Å². The molecule has 0 unspecified atom stereocenters. The smallest absolute Gasteiger partial charge is 0.0503 e. The molecule has 0 saturated carbocycles. The van der Waals surface area contributed by atoms with Gasteiger partial charge in [-0.3, -0.25) is 0 Å². The topological polar surface area (TPSA) is 3.24 Å². The van der Waals surface area contributed by atoms with Crippen molar-refractivity contribution in [1.29, 1.82) is 0 Å². The van der Waals surface area contributed by atoms with Gasteiger partial charge in [0, 0.05) is 17.7 Å². The Bertz CT molecular complexity index is 312. The highest BCUT2D eigenvalue weighted by Gasteiger charge is 2.17. The summed E-state index contributed by atoms with van der Waals surface area (Å²) in [5.41, 5.74) is 2.91. The van der Waals surface area contributed by atoms with Gasteiger partial charge in [-0.1, -0.05) is 11.9 Å². The predicted octanol–water partition coefficient (Wildman–Crippen LogP) is 3.05. The fraction of sp³-hybridized carbons (Fsp3) is 0.400. The number of fused-ring (bicyclic) bond motifs is 1. The highest BCUT2D eigenvalue weighted by Crippen LogP contribution is 2.34. The molecule has 3 heteroatoms. The minimum absolute atomic E-state index is 1.16. The number of thioether (sulfide) groups is 1. The van der Waals surface area contributed by atoms with E-state index in [0.717, 1.165) is 6.54 Å². The van der Waals surface area contributed by atoms with Gasteiger partial charge in [-0.25, -0.2) is 0 Å². The van der Waals surface area contributed by atoms with E-state index in [1.54, 1.807) is 0 Å². The minimum Gasteiger partial charge on any atom is -0.316 e. The van der Waals surface area contributed by atoms with Crippen molar-refractivity contribution < 1.29 is 0 Å². The van der Waals surface area contributed by atoms with Gasteiger partial charge >= 0.3 is 0 Å². The predicted molar refractivity (Wildman–Crippen MR) is 62.8 cm³/mol. The molecule has 0 N–H and O–H groups in total. The van der Waals surface area contributed by atoms with Crippen LogP contribution in [-0.2, 0) is 6.42 Å². The lowest BCUT2D eigenvalue weighted by Gasteiger charge is -2.14. The second-order valence-corrected chi connectivity index (χ2v) is 4.71. The highest BCUT2D eigenvalue weighted by atomic mass is 32.2. The fourth-order valence-electron chi connectivity index (χ4n) is 1.66. The molecule has 1 aliphatic heterocycles. The van der Waals surface area contributed by atoms with Crippen LogP contribution in [0.2, 0.25) is 0 Å². The molecule has 13 heavy (non-hydrogen) atoms. The summed E-state index contributed by atoms with van der Waals surface area (Å²) in [6, 6.07) is 6.76. The largest absolute Gasteiger partial charge is 0.316 e. The first-order chi connectivity index (χ1) is 6.35. The summed E-state index contributed by atoms with van der Waals surface area (Å²) in [6.07, 6.45) is 5.46. The molecule has 0 aliphatic carbocycles. The van der Waals surface area contributed by atoms with E-state index in [-0.39, 0.29) is 0 Å². The molecule has 2 rings (SSSR count). The van der Waals surface area contributed by atoms with Crippen molar-refractivity contribution in [2.24, 2.45) is 0 Å². The molecule has 0 amide bonds. The molecule has 1 aromatic rings. The second kappa shape index (κ2) is 3.84. The zero-order valence-corrected chi connectivity index (χ0v) is 9.54. The Morgan fingerprint density at radius 3 is 2.85 bits per heavy atom. The first kappa shape index (κ1) is 9.28. The van der Waals surface area contributed by atoms with Crippen LogP contribution >= 0.6 is 23.7 Å². The summed E-state index contributed by atoms with van der Waals surface area (Å²) >= 11 is 3.63. The van der Waals surface area contributed by atoms with Gasteiger partial charge in [0.05, 0.1) is 5.69 Å². The van der Waals surface area contributed by atoms with Crippen LogP contribution in [0.5, 0.6) is 0 Å². The number of anilines is 1. The Balaban J connectivity index is 2.34. The van der Waals surface area contributed by atoms with Gasteiger partial charge in [0.15, 0.2) is 0 Å². The molecule has 0 aromatic heterocycles. The molecule has 0 atom stereocenters. The van der Waals surface area contributed by atoms with Gasteiger partial charge in [0.2, 0.25) is 0 Å². The van der Waals surface area contributed by atoms with Crippen LogP contribution in [0.15, 0.2) is 23.1 Å². The van der Waals surface area contributed by atoms with Crippen molar-refractivity contribution in [2.75, 3.05) is 23.4 Å². The van der Waals surface area contributed by atoms with E-state index in [2.05, 4.69) is 35.0 Å². The lowest BCUT2D eigenvalue weighted by molar-refractivity contribution is 1.05. The first-order valence-electron chi connectivity index (χ1n) is 4.33. The fourth-order valence-corrected chi connectivity index (χ4v) is 2.78. The van der Waals surface area contributed by atoms with Crippen molar-refractivity contribution in [3.8, 4) is 0 Å². The van der Waals surface area contributed by atoms with Gasteiger partial charge in [0.25, 0.3) is 0 Å². The zero-order valence-electron chi connectivity index (χ0n) is 7.91. The summed E-state index contributed by atoms with van der Waals surface area (Å²) in [5.74, 6) is 0. The lowest BCUT2D eigenvalue weighted by Crippen LogP contribution is -2.08. The lowest BCUT2D eigenvalue weighted by atomic mass is 10.2. The highest BCUT2D eigenvalue weighted by molar-refractivity contribution is 8.00. The van der Waals surface area contributed by atoms with Gasteiger partial charge < -0.3 is 4.31 Å². The average molecular weight is 211 g/mol. The minimum atomic E-state index is 1.16. The van der Waals surface area contributed by atoms with Gasteiger partial charge in [0.1, 0.15) is 0 Å². The Morgan fingerprint density at radius 2 is 2.15 bits per heavy atom. The average Bonchev–Trinajstić information content (AvgIpc) is 2.59. The Hall–Kier alpha value is -0.280. The Kier molecular flexibility index (Phi) is 2.74. The molecular formula is C10H13NS2. The van der Waals surface area contributed by atoms with Crippen molar-refractivity contribution in [1.82, 2.24) is 0 Å². The molecule has 1 heterocycles. The quantitative estimate of drug-likeness (QED) is 0.547. The number of benzene rings is 1. The normalized spacial score (nSPS) is 14.8. The van der Waals surface area contributed by atoms with E-state index < -0.39 is 0 Å². The van der Waals surface area contributed by atoms with Crippen LogP contribution < -0.4 is 4.31 Å². The number of nitrogens with zero attached hydrogens (tertiary/aromatic N) is 1. The monoisotopic (exact) mass is 211 g/mol. The van der Waals surface area contributed by atoms with E-state index >= 15 is 0 Å². The van der Waals surface area contributed by atoms with Crippen LogP contribution in [0.1, 0.15) is 5.56 Å².